The molecule has 8 heteroatoms. The van der Waals surface area contributed by atoms with E-state index in [1.807, 2.05) is 12.1 Å². The number of rotatable bonds is 8. The molecule has 1 unspecified atom stereocenters. The van der Waals surface area contributed by atoms with Crippen LogP contribution >= 0.6 is 0 Å². The molecule has 1 aliphatic heterocycles. The summed E-state index contributed by atoms with van der Waals surface area (Å²) in [5.74, 6) is -0.0595. The van der Waals surface area contributed by atoms with Crippen molar-refractivity contribution < 1.29 is 19.4 Å². The fourth-order valence-corrected chi connectivity index (χ4v) is 3.27. The van der Waals surface area contributed by atoms with Gasteiger partial charge in [0.25, 0.3) is 5.91 Å². The van der Waals surface area contributed by atoms with Gasteiger partial charge in [-0.2, -0.15) is 0 Å². The number of carbonyl (C=O) groups is 2. The van der Waals surface area contributed by atoms with Crippen molar-refractivity contribution in [1.82, 2.24) is 15.2 Å². The second-order valence-electron chi connectivity index (χ2n) is 7.03. The number of anilines is 1. The molecule has 1 aromatic heterocycles. The molecule has 1 aliphatic rings. The number of β-amino-alcohol motifs (C(OH)–C–C–N with tert-alkyl or cyclic N) is 1. The SMILES string of the molecule is CC(=O)Nc1ncccc1OCC(=O)NCC(O)CN1CCc2ccccc2C1. The van der Waals surface area contributed by atoms with Crippen LogP contribution < -0.4 is 15.4 Å². The van der Waals surface area contributed by atoms with E-state index in [0.717, 1.165) is 19.5 Å². The van der Waals surface area contributed by atoms with E-state index in [-0.39, 0.29) is 30.8 Å². The predicted molar refractivity (Wildman–Crippen MR) is 108 cm³/mol. The molecule has 0 saturated heterocycles. The van der Waals surface area contributed by atoms with Gasteiger partial charge in [-0.15, -0.1) is 0 Å². The number of hydrogen-bond donors (Lipinski definition) is 3. The van der Waals surface area contributed by atoms with Gasteiger partial charge in [-0.1, -0.05) is 24.3 Å². The van der Waals surface area contributed by atoms with Gasteiger partial charge in [0.2, 0.25) is 5.91 Å². The van der Waals surface area contributed by atoms with Crippen LogP contribution in [0.5, 0.6) is 5.75 Å². The highest BCUT2D eigenvalue weighted by atomic mass is 16.5. The van der Waals surface area contributed by atoms with Crippen molar-refractivity contribution in [2.75, 3.05) is 31.6 Å². The van der Waals surface area contributed by atoms with Crippen molar-refractivity contribution in [2.24, 2.45) is 0 Å². The molecule has 0 aliphatic carbocycles. The van der Waals surface area contributed by atoms with E-state index in [9.17, 15) is 14.7 Å². The summed E-state index contributed by atoms with van der Waals surface area (Å²) in [4.78, 5) is 29.4. The molecule has 2 amide bonds. The summed E-state index contributed by atoms with van der Waals surface area (Å²) < 4.78 is 5.44. The Kier molecular flexibility index (Phi) is 7.15. The van der Waals surface area contributed by atoms with Crippen LogP contribution in [0.2, 0.25) is 0 Å². The number of hydrogen-bond acceptors (Lipinski definition) is 6. The number of amides is 2. The number of ether oxygens (including phenoxy) is 1. The Balaban J connectivity index is 1.40. The molecular weight excluding hydrogens is 372 g/mol. The predicted octanol–water partition coefficient (Wildman–Crippen LogP) is 0.954. The lowest BCUT2D eigenvalue weighted by atomic mass is 10.00. The van der Waals surface area contributed by atoms with Crippen molar-refractivity contribution in [3.8, 4) is 5.75 Å². The first-order valence-electron chi connectivity index (χ1n) is 9.60. The number of benzene rings is 1. The first-order valence-corrected chi connectivity index (χ1v) is 9.60. The maximum Gasteiger partial charge on any atom is 0.258 e. The number of pyridine rings is 1. The summed E-state index contributed by atoms with van der Waals surface area (Å²) in [7, 11) is 0. The van der Waals surface area contributed by atoms with Gasteiger partial charge in [-0.3, -0.25) is 14.5 Å². The number of nitrogens with zero attached hydrogens (tertiary/aromatic N) is 2. The van der Waals surface area contributed by atoms with Crippen LogP contribution in [0.4, 0.5) is 5.82 Å². The molecule has 0 fully saturated rings. The Morgan fingerprint density at radius 2 is 2.03 bits per heavy atom. The minimum Gasteiger partial charge on any atom is -0.480 e. The number of carbonyl (C=O) groups excluding carboxylic acids is 2. The molecule has 1 aromatic carbocycles. The topological polar surface area (TPSA) is 104 Å². The zero-order valence-corrected chi connectivity index (χ0v) is 16.4. The highest BCUT2D eigenvalue weighted by molar-refractivity contribution is 5.89. The highest BCUT2D eigenvalue weighted by Gasteiger charge is 2.19. The normalized spacial score (nSPS) is 14.6. The fourth-order valence-electron chi connectivity index (χ4n) is 3.27. The number of fused-ring (bicyclic) bond motifs is 1. The van der Waals surface area contributed by atoms with Crippen LogP contribution in [0.1, 0.15) is 18.1 Å². The smallest absolute Gasteiger partial charge is 0.258 e. The summed E-state index contributed by atoms with van der Waals surface area (Å²) >= 11 is 0. The minimum atomic E-state index is -0.669. The Bertz CT molecular complexity index is 858. The third-order valence-electron chi connectivity index (χ3n) is 4.64. The second-order valence-corrected chi connectivity index (χ2v) is 7.03. The lowest BCUT2D eigenvalue weighted by Crippen LogP contribution is -2.42. The van der Waals surface area contributed by atoms with E-state index in [0.29, 0.717) is 12.3 Å². The molecule has 8 nitrogen and oxygen atoms in total. The monoisotopic (exact) mass is 398 g/mol. The van der Waals surface area contributed by atoms with Gasteiger partial charge in [0.15, 0.2) is 18.2 Å². The van der Waals surface area contributed by atoms with Gasteiger partial charge in [-0.05, 0) is 29.7 Å². The van der Waals surface area contributed by atoms with E-state index in [1.54, 1.807) is 12.1 Å². The van der Waals surface area contributed by atoms with E-state index in [2.05, 4.69) is 32.7 Å². The lowest BCUT2D eigenvalue weighted by Gasteiger charge is -2.30. The Labute approximate surface area is 169 Å². The van der Waals surface area contributed by atoms with Gasteiger partial charge in [0.05, 0.1) is 6.10 Å². The first kappa shape index (κ1) is 20.8. The van der Waals surface area contributed by atoms with Crippen molar-refractivity contribution in [2.45, 2.75) is 26.0 Å². The van der Waals surface area contributed by atoms with E-state index >= 15 is 0 Å². The number of aromatic nitrogens is 1. The third kappa shape index (κ3) is 6.27. The molecule has 0 bridgehead atoms. The Morgan fingerprint density at radius 3 is 2.83 bits per heavy atom. The summed E-state index contributed by atoms with van der Waals surface area (Å²) in [5.41, 5.74) is 2.65. The molecule has 2 heterocycles. The van der Waals surface area contributed by atoms with Crippen molar-refractivity contribution in [3.05, 3.63) is 53.7 Å². The van der Waals surface area contributed by atoms with Gasteiger partial charge >= 0.3 is 0 Å². The van der Waals surface area contributed by atoms with Crippen LogP contribution in [-0.2, 0) is 22.6 Å². The first-order chi connectivity index (χ1) is 14.0. The summed E-state index contributed by atoms with van der Waals surface area (Å²) in [6.45, 7) is 3.46. The number of aliphatic hydroxyl groups is 1. The second kappa shape index (κ2) is 9.99. The molecule has 0 spiro atoms. The largest absolute Gasteiger partial charge is 0.480 e. The standard InChI is InChI=1S/C21H26N4O4/c1-15(26)24-21-19(7-4-9-22-21)29-14-20(28)23-11-18(27)13-25-10-8-16-5-2-3-6-17(16)12-25/h2-7,9,18,27H,8,10-14H2,1H3,(H,23,28)(H,22,24,26). The quantitative estimate of drug-likeness (QED) is 0.612. The van der Waals surface area contributed by atoms with Gasteiger partial charge in [0.1, 0.15) is 0 Å². The molecule has 3 rings (SSSR count). The van der Waals surface area contributed by atoms with E-state index in [4.69, 9.17) is 4.74 Å². The van der Waals surface area contributed by atoms with Crippen LogP contribution in [0.3, 0.4) is 0 Å². The molecule has 154 valence electrons. The minimum absolute atomic E-state index is 0.145. The molecule has 2 aromatic rings. The Morgan fingerprint density at radius 1 is 1.24 bits per heavy atom. The summed E-state index contributed by atoms with van der Waals surface area (Å²) in [6, 6.07) is 11.6. The third-order valence-corrected chi connectivity index (χ3v) is 4.64. The maximum atomic E-state index is 12.0. The fraction of sp³-hybridized carbons (Fsp3) is 0.381. The zero-order chi connectivity index (χ0) is 20.6. The zero-order valence-electron chi connectivity index (χ0n) is 16.4. The van der Waals surface area contributed by atoms with Crippen LogP contribution in [0, 0.1) is 0 Å². The molecule has 29 heavy (non-hydrogen) atoms. The molecule has 3 N–H and O–H groups in total. The molecule has 0 saturated carbocycles. The van der Waals surface area contributed by atoms with E-state index in [1.165, 1.54) is 24.2 Å². The Hall–Kier alpha value is -2.97. The van der Waals surface area contributed by atoms with E-state index < -0.39 is 6.10 Å². The van der Waals surface area contributed by atoms with Gasteiger partial charge in [-0.25, -0.2) is 4.98 Å². The lowest BCUT2D eigenvalue weighted by molar-refractivity contribution is -0.123. The van der Waals surface area contributed by atoms with Gasteiger partial charge in [0, 0.05) is 39.3 Å². The number of nitrogens with one attached hydrogen (secondary N) is 2. The molecule has 0 radical (unpaired) electrons. The molecular formula is C21H26N4O4. The van der Waals surface area contributed by atoms with Crippen LogP contribution in [0.25, 0.3) is 0 Å². The van der Waals surface area contributed by atoms with Crippen LogP contribution in [-0.4, -0.2) is 59.1 Å². The number of aliphatic hydroxyl groups excluding tert-OH is 1. The molecule has 1 atom stereocenters. The van der Waals surface area contributed by atoms with Crippen LogP contribution in [0.15, 0.2) is 42.6 Å². The average Bonchev–Trinajstić information content (AvgIpc) is 2.71. The van der Waals surface area contributed by atoms with Crippen molar-refractivity contribution in [3.63, 3.8) is 0 Å². The van der Waals surface area contributed by atoms with Crippen molar-refractivity contribution in [1.29, 1.82) is 0 Å². The summed E-state index contributed by atoms with van der Waals surface area (Å²) in [6.07, 6.45) is 1.82. The summed E-state index contributed by atoms with van der Waals surface area (Å²) in [5, 5.41) is 15.5. The van der Waals surface area contributed by atoms with Gasteiger partial charge < -0.3 is 20.5 Å². The average molecular weight is 398 g/mol. The maximum absolute atomic E-state index is 12.0. The van der Waals surface area contributed by atoms with Crippen molar-refractivity contribution >= 4 is 17.6 Å². The highest BCUT2D eigenvalue weighted by Crippen LogP contribution is 2.20.